The molecule has 2 atom stereocenters. The zero-order chi connectivity index (χ0) is 20.4. The molecular weight excluding hydrogens is 360 g/mol. The highest BCUT2D eigenvalue weighted by Gasteiger charge is 2.21. The smallest absolute Gasteiger partial charge is 0.267 e. The highest BCUT2D eigenvalue weighted by Crippen LogP contribution is 2.19. The van der Waals surface area contributed by atoms with Gasteiger partial charge in [-0.2, -0.15) is 8.42 Å². The molecule has 0 rings (SSSR count). The van der Waals surface area contributed by atoms with Crippen molar-refractivity contribution < 1.29 is 18.1 Å². The predicted molar refractivity (Wildman–Crippen MR) is 116 cm³/mol. The third-order valence-corrected chi connectivity index (χ3v) is 6.76. The molecule has 0 aromatic rings. The molecule has 0 aromatic heterocycles. The summed E-state index contributed by atoms with van der Waals surface area (Å²) in [6, 6.07) is 0. The van der Waals surface area contributed by atoms with Crippen LogP contribution in [0.4, 0.5) is 0 Å². The van der Waals surface area contributed by atoms with Crippen molar-refractivity contribution in [3.8, 4) is 0 Å². The molecule has 164 valence electrons. The Morgan fingerprint density at radius 2 is 0.963 bits per heavy atom. The summed E-state index contributed by atoms with van der Waals surface area (Å²) in [5, 5.41) is 8.63. The van der Waals surface area contributed by atoms with E-state index in [-0.39, 0.29) is 6.10 Å². The van der Waals surface area contributed by atoms with E-state index in [1.54, 1.807) is 6.92 Å². The Kier molecular flexibility index (Phi) is 17.8. The molecule has 2 unspecified atom stereocenters. The molecule has 5 heteroatoms. The summed E-state index contributed by atoms with van der Waals surface area (Å²) in [6.45, 7) is 4.04. The first-order valence-corrected chi connectivity index (χ1v) is 13.0. The largest absolute Gasteiger partial charge is 0.393 e. The van der Waals surface area contributed by atoms with Crippen molar-refractivity contribution in [2.75, 3.05) is 0 Å². The molecule has 0 aliphatic carbocycles. The molecule has 0 heterocycles. The summed E-state index contributed by atoms with van der Waals surface area (Å²) in [7, 11) is -3.92. The maximum Gasteiger partial charge on any atom is 0.267 e. The molecule has 0 aliphatic heterocycles. The van der Waals surface area contributed by atoms with Crippen LogP contribution in [0.3, 0.4) is 0 Å². The lowest BCUT2D eigenvalue weighted by Gasteiger charge is -2.14. The van der Waals surface area contributed by atoms with E-state index in [0.717, 1.165) is 44.9 Å². The van der Waals surface area contributed by atoms with E-state index in [1.165, 1.54) is 57.8 Å². The molecule has 4 nitrogen and oxygen atoms in total. The van der Waals surface area contributed by atoms with Gasteiger partial charge in [0, 0.05) is 0 Å². The molecule has 0 amide bonds. The number of unbranched alkanes of at least 4 members (excludes halogenated alkanes) is 13. The fraction of sp³-hybridized carbons (Fsp3) is 1.00. The highest BCUT2D eigenvalue weighted by atomic mass is 32.2. The van der Waals surface area contributed by atoms with E-state index in [0.29, 0.717) is 12.8 Å². The summed E-state index contributed by atoms with van der Waals surface area (Å²) in [5.41, 5.74) is 0. The van der Waals surface area contributed by atoms with E-state index >= 15 is 0 Å². The van der Waals surface area contributed by atoms with Gasteiger partial charge in [0.2, 0.25) is 0 Å². The monoisotopic (exact) mass is 406 g/mol. The molecule has 2 N–H and O–H groups in total. The van der Waals surface area contributed by atoms with Crippen molar-refractivity contribution in [3.63, 3.8) is 0 Å². The molecule has 0 saturated carbocycles. The van der Waals surface area contributed by atoms with Crippen LogP contribution in [0.25, 0.3) is 0 Å². The van der Waals surface area contributed by atoms with Crippen molar-refractivity contribution in [2.45, 2.75) is 141 Å². The highest BCUT2D eigenvalue weighted by molar-refractivity contribution is 7.86. The van der Waals surface area contributed by atoms with Crippen LogP contribution in [-0.2, 0) is 10.1 Å². The lowest BCUT2D eigenvalue weighted by Crippen LogP contribution is -2.20. The maximum absolute atomic E-state index is 11.6. The van der Waals surface area contributed by atoms with Crippen molar-refractivity contribution in [1.29, 1.82) is 0 Å². The average Bonchev–Trinajstić information content (AvgIpc) is 2.59. The second kappa shape index (κ2) is 17.9. The Balaban J connectivity index is 3.66. The lowest BCUT2D eigenvalue weighted by molar-refractivity contribution is 0.180. The van der Waals surface area contributed by atoms with Gasteiger partial charge in [0.25, 0.3) is 10.1 Å². The van der Waals surface area contributed by atoms with Gasteiger partial charge in [0.15, 0.2) is 0 Å². The Hall–Kier alpha value is -0.130. The summed E-state index contributed by atoms with van der Waals surface area (Å²) in [6.07, 6.45) is 19.2. The molecule has 27 heavy (non-hydrogen) atoms. The number of aliphatic hydroxyl groups excluding tert-OH is 1. The zero-order valence-corrected chi connectivity index (χ0v) is 18.8. The van der Waals surface area contributed by atoms with Crippen LogP contribution in [0.15, 0.2) is 0 Å². The van der Waals surface area contributed by atoms with Crippen molar-refractivity contribution in [1.82, 2.24) is 0 Å². The van der Waals surface area contributed by atoms with Gasteiger partial charge in [-0.25, -0.2) is 0 Å². The number of rotatable bonds is 20. The third-order valence-electron chi connectivity index (χ3n) is 5.45. The number of hydrogen-bond donors (Lipinski definition) is 2. The first-order chi connectivity index (χ1) is 12.9. The van der Waals surface area contributed by atoms with E-state index in [4.69, 9.17) is 0 Å². The third kappa shape index (κ3) is 19.0. The first kappa shape index (κ1) is 26.9. The standard InChI is InChI=1S/C22H46O4S/c1-3-4-5-6-7-8-9-10-11-12-16-19-22(27(24,25)26)20-17-14-13-15-18-21(2)23/h21-23H,3-20H2,1-2H3,(H,24,25,26). The summed E-state index contributed by atoms with van der Waals surface area (Å²) < 4.78 is 32.6. The van der Waals surface area contributed by atoms with Gasteiger partial charge >= 0.3 is 0 Å². The molecule has 0 fully saturated rings. The average molecular weight is 407 g/mol. The van der Waals surface area contributed by atoms with Gasteiger partial charge in [-0.05, 0) is 26.2 Å². The Bertz CT molecular complexity index is 407. The Labute approximate surface area is 169 Å². The number of hydrogen-bond acceptors (Lipinski definition) is 3. The second-order valence-corrected chi connectivity index (χ2v) is 10.00. The summed E-state index contributed by atoms with van der Waals surface area (Å²) >= 11 is 0. The molecule has 0 aromatic carbocycles. The van der Waals surface area contributed by atoms with E-state index in [2.05, 4.69) is 6.92 Å². The molecule has 0 bridgehead atoms. The van der Waals surface area contributed by atoms with E-state index < -0.39 is 15.4 Å². The van der Waals surface area contributed by atoms with Gasteiger partial charge in [-0.15, -0.1) is 0 Å². The van der Waals surface area contributed by atoms with Gasteiger partial charge in [0.05, 0.1) is 11.4 Å². The van der Waals surface area contributed by atoms with Crippen LogP contribution in [0.1, 0.15) is 129 Å². The zero-order valence-electron chi connectivity index (χ0n) is 18.0. The van der Waals surface area contributed by atoms with Crippen LogP contribution in [0.5, 0.6) is 0 Å². The topological polar surface area (TPSA) is 74.6 Å². The SMILES string of the molecule is CCCCCCCCCCCCCC(CCCCCCC(C)O)S(=O)(=O)O. The minimum atomic E-state index is -3.92. The molecule has 0 radical (unpaired) electrons. The second-order valence-electron chi connectivity index (χ2n) is 8.30. The van der Waals surface area contributed by atoms with Gasteiger partial charge in [-0.3, -0.25) is 4.55 Å². The Morgan fingerprint density at radius 3 is 1.30 bits per heavy atom. The fourth-order valence-corrected chi connectivity index (χ4v) is 4.57. The minimum absolute atomic E-state index is 0.253. The normalized spacial score (nSPS) is 14.4. The Morgan fingerprint density at radius 1 is 0.630 bits per heavy atom. The quantitative estimate of drug-likeness (QED) is 0.175. The summed E-state index contributed by atoms with van der Waals surface area (Å²) in [5.74, 6) is 0. The number of aliphatic hydroxyl groups is 1. The summed E-state index contributed by atoms with van der Waals surface area (Å²) in [4.78, 5) is 0. The van der Waals surface area contributed by atoms with Gasteiger partial charge < -0.3 is 5.11 Å². The maximum atomic E-state index is 11.6. The molecule has 0 spiro atoms. The van der Waals surface area contributed by atoms with Crippen LogP contribution in [0.2, 0.25) is 0 Å². The minimum Gasteiger partial charge on any atom is -0.393 e. The fourth-order valence-electron chi connectivity index (χ4n) is 3.64. The lowest BCUT2D eigenvalue weighted by atomic mass is 10.0. The van der Waals surface area contributed by atoms with Gasteiger partial charge in [0.1, 0.15) is 0 Å². The predicted octanol–water partition coefficient (Wildman–Crippen LogP) is 6.67. The van der Waals surface area contributed by atoms with Gasteiger partial charge in [-0.1, -0.05) is 103 Å². The van der Waals surface area contributed by atoms with Crippen LogP contribution < -0.4 is 0 Å². The van der Waals surface area contributed by atoms with Crippen molar-refractivity contribution in [3.05, 3.63) is 0 Å². The van der Waals surface area contributed by atoms with Crippen LogP contribution in [0, 0.1) is 0 Å². The molecular formula is C22H46O4S. The first-order valence-electron chi connectivity index (χ1n) is 11.5. The molecule has 0 saturated heterocycles. The van der Waals surface area contributed by atoms with Crippen molar-refractivity contribution >= 4 is 10.1 Å². The van der Waals surface area contributed by atoms with Crippen molar-refractivity contribution in [2.24, 2.45) is 0 Å². The van der Waals surface area contributed by atoms with E-state index in [9.17, 15) is 18.1 Å². The molecule has 0 aliphatic rings. The van der Waals surface area contributed by atoms with E-state index in [1.807, 2.05) is 0 Å². The van der Waals surface area contributed by atoms with Crippen LogP contribution in [-0.4, -0.2) is 29.4 Å². The van der Waals surface area contributed by atoms with Crippen LogP contribution >= 0.6 is 0 Å².